The van der Waals surface area contributed by atoms with Crippen molar-refractivity contribution in [2.75, 3.05) is 0 Å². The summed E-state index contributed by atoms with van der Waals surface area (Å²) in [5.41, 5.74) is 2.12. The zero-order valence-electron chi connectivity index (χ0n) is 8.20. The molecule has 1 rings (SSSR count). The molecule has 0 aliphatic heterocycles. The van der Waals surface area contributed by atoms with Gasteiger partial charge in [-0.05, 0) is 23.5 Å². The van der Waals surface area contributed by atoms with Gasteiger partial charge in [0.15, 0.2) is 0 Å². The Bertz CT molecular complexity index is 272. The molecule has 0 saturated heterocycles. The molecule has 0 saturated carbocycles. The summed E-state index contributed by atoms with van der Waals surface area (Å²) in [5.74, 6) is 0.568. The number of allylic oxidation sites excluding steroid dienone is 1. The van der Waals surface area contributed by atoms with Gasteiger partial charge in [-0.25, -0.2) is 0 Å². The van der Waals surface area contributed by atoms with Gasteiger partial charge in [-0.15, -0.1) is 0 Å². The zero-order valence-corrected chi connectivity index (χ0v) is 8.20. The van der Waals surface area contributed by atoms with E-state index in [0.29, 0.717) is 5.92 Å². The standard InChI is InChI=1S/C12H16O/c1-10(2)8-12(9-13)11-6-4-3-5-7-11/h3-7,9-10,13H,8H2,1-2H3. The normalized spacial score (nSPS) is 12.1. The first-order valence-corrected chi connectivity index (χ1v) is 4.62. The maximum atomic E-state index is 9.07. The van der Waals surface area contributed by atoms with Crippen molar-refractivity contribution >= 4 is 5.57 Å². The molecular formula is C12H16O. The number of rotatable bonds is 3. The summed E-state index contributed by atoms with van der Waals surface area (Å²) in [6.07, 6.45) is 2.13. The van der Waals surface area contributed by atoms with Crippen molar-refractivity contribution in [3.05, 3.63) is 42.2 Å². The van der Waals surface area contributed by atoms with E-state index in [9.17, 15) is 0 Å². The number of benzene rings is 1. The summed E-state index contributed by atoms with van der Waals surface area (Å²) in [4.78, 5) is 0. The second-order valence-corrected chi connectivity index (χ2v) is 3.62. The molecule has 13 heavy (non-hydrogen) atoms. The summed E-state index contributed by atoms with van der Waals surface area (Å²) in [7, 11) is 0. The number of hydrogen-bond acceptors (Lipinski definition) is 1. The number of hydrogen-bond donors (Lipinski definition) is 1. The summed E-state index contributed by atoms with van der Waals surface area (Å²) in [6, 6.07) is 9.99. The Hall–Kier alpha value is -1.24. The van der Waals surface area contributed by atoms with E-state index >= 15 is 0 Å². The molecular weight excluding hydrogens is 160 g/mol. The van der Waals surface area contributed by atoms with Crippen molar-refractivity contribution < 1.29 is 5.11 Å². The van der Waals surface area contributed by atoms with Gasteiger partial charge in [-0.1, -0.05) is 44.2 Å². The molecule has 0 aliphatic rings. The van der Waals surface area contributed by atoms with Crippen LogP contribution in [0.15, 0.2) is 36.6 Å². The first-order chi connectivity index (χ1) is 6.24. The van der Waals surface area contributed by atoms with Crippen LogP contribution in [-0.4, -0.2) is 5.11 Å². The second-order valence-electron chi connectivity index (χ2n) is 3.62. The molecule has 70 valence electrons. The van der Waals surface area contributed by atoms with Crippen LogP contribution in [0.1, 0.15) is 25.8 Å². The Labute approximate surface area is 79.7 Å². The Morgan fingerprint density at radius 3 is 2.38 bits per heavy atom. The van der Waals surface area contributed by atoms with Gasteiger partial charge in [0, 0.05) is 0 Å². The van der Waals surface area contributed by atoms with Crippen molar-refractivity contribution in [1.29, 1.82) is 0 Å². The number of aliphatic hydroxyl groups excluding tert-OH is 1. The van der Waals surface area contributed by atoms with Crippen LogP contribution in [0.4, 0.5) is 0 Å². The Morgan fingerprint density at radius 1 is 1.31 bits per heavy atom. The minimum absolute atomic E-state index is 0.568. The fraction of sp³-hybridized carbons (Fsp3) is 0.333. The van der Waals surface area contributed by atoms with Gasteiger partial charge in [-0.2, -0.15) is 0 Å². The van der Waals surface area contributed by atoms with Crippen LogP contribution in [0.2, 0.25) is 0 Å². The highest BCUT2D eigenvalue weighted by atomic mass is 16.2. The van der Waals surface area contributed by atoms with Gasteiger partial charge < -0.3 is 5.11 Å². The Balaban J connectivity index is 2.80. The summed E-state index contributed by atoms with van der Waals surface area (Å²) >= 11 is 0. The largest absolute Gasteiger partial charge is 0.515 e. The first kappa shape index (κ1) is 9.85. The highest BCUT2D eigenvalue weighted by Crippen LogP contribution is 2.21. The Morgan fingerprint density at radius 2 is 1.92 bits per heavy atom. The van der Waals surface area contributed by atoms with Gasteiger partial charge >= 0.3 is 0 Å². The third kappa shape index (κ3) is 2.94. The van der Waals surface area contributed by atoms with Crippen molar-refractivity contribution in [3.8, 4) is 0 Å². The molecule has 0 fully saturated rings. The molecule has 0 spiro atoms. The van der Waals surface area contributed by atoms with Crippen LogP contribution in [0, 0.1) is 5.92 Å². The van der Waals surface area contributed by atoms with E-state index in [2.05, 4.69) is 13.8 Å². The molecule has 1 heteroatoms. The predicted octanol–water partition coefficient (Wildman–Crippen LogP) is 3.63. The lowest BCUT2D eigenvalue weighted by Crippen LogP contribution is -1.91. The van der Waals surface area contributed by atoms with E-state index in [1.165, 1.54) is 6.26 Å². The quantitative estimate of drug-likeness (QED) is 0.697. The third-order valence-corrected chi connectivity index (χ3v) is 1.93. The molecule has 0 heterocycles. The lowest BCUT2D eigenvalue weighted by atomic mass is 9.98. The van der Waals surface area contributed by atoms with Crippen LogP contribution in [-0.2, 0) is 0 Å². The van der Waals surface area contributed by atoms with E-state index in [1.54, 1.807) is 0 Å². The molecule has 0 aromatic heterocycles. The van der Waals surface area contributed by atoms with Crippen LogP contribution in [0.25, 0.3) is 5.57 Å². The van der Waals surface area contributed by atoms with E-state index in [0.717, 1.165) is 17.6 Å². The smallest absolute Gasteiger partial charge is 0.0829 e. The average molecular weight is 176 g/mol. The maximum absolute atomic E-state index is 9.07. The van der Waals surface area contributed by atoms with Gasteiger partial charge in [0.05, 0.1) is 6.26 Å². The van der Waals surface area contributed by atoms with Crippen LogP contribution >= 0.6 is 0 Å². The lowest BCUT2D eigenvalue weighted by molar-refractivity contribution is 0.471. The van der Waals surface area contributed by atoms with Crippen molar-refractivity contribution in [3.63, 3.8) is 0 Å². The second kappa shape index (κ2) is 4.70. The van der Waals surface area contributed by atoms with Gasteiger partial charge in [0.25, 0.3) is 0 Å². The minimum Gasteiger partial charge on any atom is -0.515 e. The summed E-state index contributed by atoms with van der Waals surface area (Å²) < 4.78 is 0. The molecule has 0 aliphatic carbocycles. The third-order valence-electron chi connectivity index (χ3n) is 1.93. The molecule has 1 N–H and O–H groups in total. The van der Waals surface area contributed by atoms with E-state index in [4.69, 9.17) is 5.11 Å². The molecule has 0 amide bonds. The highest BCUT2D eigenvalue weighted by molar-refractivity contribution is 5.64. The summed E-state index contributed by atoms with van der Waals surface area (Å²) in [6.45, 7) is 4.29. The SMILES string of the molecule is CC(C)CC(=CO)c1ccccc1. The van der Waals surface area contributed by atoms with E-state index < -0.39 is 0 Å². The fourth-order valence-electron chi connectivity index (χ4n) is 1.34. The Kier molecular flexibility index (Phi) is 3.56. The average Bonchev–Trinajstić information content (AvgIpc) is 2.15. The minimum atomic E-state index is 0.568. The van der Waals surface area contributed by atoms with Gasteiger partial charge in [-0.3, -0.25) is 0 Å². The van der Waals surface area contributed by atoms with E-state index in [1.807, 2.05) is 30.3 Å². The van der Waals surface area contributed by atoms with Crippen molar-refractivity contribution in [2.24, 2.45) is 5.92 Å². The van der Waals surface area contributed by atoms with Crippen LogP contribution < -0.4 is 0 Å². The molecule has 1 aromatic carbocycles. The highest BCUT2D eigenvalue weighted by Gasteiger charge is 2.03. The molecule has 1 aromatic rings. The topological polar surface area (TPSA) is 20.2 Å². The monoisotopic (exact) mass is 176 g/mol. The maximum Gasteiger partial charge on any atom is 0.0829 e. The van der Waals surface area contributed by atoms with Crippen molar-refractivity contribution in [2.45, 2.75) is 20.3 Å². The molecule has 0 unspecified atom stereocenters. The van der Waals surface area contributed by atoms with Crippen molar-refractivity contribution in [1.82, 2.24) is 0 Å². The first-order valence-electron chi connectivity index (χ1n) is 4.62. The predicted molar refractivity (Wildman–Crippen MR) is 56.5 cm³/mol. The van der Waals surface area contributed by atoms with Crippen LogP contribution in [0.3, 0.4) is 0 Å². The summed E-state index contributed by atoms with van der Waals surface area (Å²) in [5, 5.41) is 9.07. The molecule has 0 bridgehead atoms. The fourth-order valence-corrected chi connectivity index (χ4v) is 1.34. The zero-order chi connectivity index (χ0) is 9.68. The van der Waals surface area contributed by atoms with Gasteiger partial charge in [0.2, 0.25) is 0 Å². The molecule has 0 atom stereocenters. The van der Waals surface area contributed by atoms with Crippen LogP contribution in [0.5, 0.6) is 0 Å². The molecule has 1 nitrogen and oxygen atoms in total. The number of aliphatic hydroxyl groups is 1. The van der Waals surface area contributed by atoms with E-state index in [-0.39, 0.29) is 0 Å². The lowest BCUT2D eigenvalue weighted by Gasteiger charge is -2.08. The van der Waals surface area contributed by atoms with Gasteiger partial charge in [0.1, 0.15) is 0 Å². The molecule has 0 radical (unpaired) electrons.